The summed E-state index contributed by atoms with van der Waals surface area (Å²) in [6.45, 7) is 0.570. The summed E-state index contributed by atoms with van der Waals surface area (Å²) >= 11 is 5.83. The van der Waals surface area contributed by atoms with Gasteiger partial charge in [0.15, 0.2) is 0 Å². The Kier molecular flexibility index (Phi) is 4.02. The van der Waals surface area contributed by atoms with Gasteiger partial charge in [-0.3, -0.25) is 0 Å². The minimum absolute atomic E-state index is 0.570. The van der Waals surface area contributed by atoms with Crippen LogP contribution in [0.25, 0.3) is 0 Å². The molecule has 0 aromatic heterocycles. The number of benzene rings is 1. The maximum absolute atomic E-state index is 5.83. The number of hydrogen-bond donors (Lipinski definition) is 1. The molecule has 0 aliphatic carbocycles. The summed E-state index contributed by atoms with van der Waals surface area (Å²) in [5.74, 6) is 0.800. The molecule has 0 spiro atoms. The average molecular weight is 202 g/mol. The molecule has 0 aliphatic rings. The largest absolute Gasteiger partial charge is 0.496 e. The highest BCUT2D eigenvalue weighted by atomic mass is 35.5. The molecule has 1 aromatic carbocycles. The van der Waals surface area contributed by atoms with E-state index in [0.717, 1.165) is 11.3 Å². The van der Waals surface area contributed by atoms with Crippen molar-refractivity contribution in [2.45, 2.75) is 6.54 Å². The van der Waals surface area contributed by atoms with Gasteiger partial charge in [-0.05, 0) is 18.2 Å². The van der Waals surface area contributed by atoms with E-state index in [9.17, 15) is 0 Å². The van der Waals surface area contributed by atoms with E-state index < -0.39 is 0 Å². The summed E-state index contributed by atoms with van der Waals surface area (Å²) in [5.41, 5.74) is 3.70. The Hall–Kier alpha value is -0.770. The predicted octanol–water partition coefficient (Wildman–Crippen LogP) is 2.00. The molecule has 0 saturated carbocycles. The van der Waals surface area contributed by atoms with Crippen molar-refractivity contribution in [3.63, 3.8) is 0 Å². The van der Waals surface area contributed by atoms with Gasteiger partial charge in [0.1, 0.15) is 5.75 Å². The van der Waals surface area contributed by atoms with Gasteiger partial charge in [0, 0.05) is 17.1 Å². The number of ether oxygens (including phenoxy) is 1. The second-order valence-electron chi connectivity index (χ2n) is 2.48. The monoisotopic (exact) mass is 201 g/mol. The minimum Gasteiger partial charge on any atom is -0.496 e. The van der Waals surface area contributed by atoms with E-state index in [2.05, 4.69) is 5.48 Å². The Balaban J connectivity index is 2.81. The van der Waals surface area contributed by atoms with Gasteiger partial charge in [-0.2, -0.15) is 5.48 Å². The lowest BCUT2D eigenvalue weighted by Gasteiger charge is -2.08. The first-order valence-corrected chi connectivity index (χ1v) is 4.24. The molecule has 1 rings (SSSR count). The SMILES string of the molecule is CONCc1cc(Cl)ccc1OC. The van der Waals surface area contributed by atoms with Crippen molar-refractivity contribution >= 4 is 11.6 Å². The molecule has 3 nitrogen and oxygen atoms in total. The van der Waals surface area contributed by atoms with Crippen LogP contribution in [0.2, 0.25) is 5.02 Å². The fourth-order valence-electron chi connectivity index (χ4n) is 1.04. The average Bonchev–Trinajstić information content (AvgIpc) is 2.15. The van der Waals surface area contributed by atoms with Gasteiger partial charge >= 0.3 is 0 Å². The van der Waals surface area contributed by atoms with Crippen LogP contribution in [0, 0.1) is 0 Å². The standard InChI is InChI=1S/C9H12ClNO2/c1-12-9-4-3-8(10)5-7(9)6-11-13-2/h3-5,11H,6H2,1-2H3. The zero-order valence-corrected chi connectivity index (χ0v) is 8.39. The normalized spacial score (nSPS) is 10.1. The molecule has 1 aromatic rings. The molecule has 72 valence electrons. The summed E-state index contributed by atoms with van der Waals surface area (Å²) in [6, 6.07) is 5.46. The van der Waals surface area contributed by atoms with E-state index in [1.165, 1.54) is 0 Å². The molecule has 0 unspecified atom stereocenters. The van der Waals surface area contributed by atoms with Gasteiger partial charge < -0.3 is 9.57 Å². The summed E-state index contributed by atoms with van der Waals surface area (Å²) in [5, 5.41) is 0.689. The second-order valence-corrected chi connectivity index (χ2v) is 2.92. The Labute approximate surface area is 82.6 Å². The Bertz CT molecular complexity index is 278. The van der Waals surface area contributed by atoms with E-state index in [0.29, 0.717) is 11.6 Å². The highest BCUT2D eigenvalue weighted by Gasteiger charge is 2.02. The van der Waals surface area contributed by atoms with E-state index in [1.54, 1.807) is 20.3 Å². The topological polar surface area (TPSA) is 30.5 Å². The number of hydroxylamine groups is 1. The molecule has 0 fully saturated rings. The number of rotatable bonds is 4. The third-order valence-electron chi connectivity index (χ3n) is 1.65. The Morgan fingerprint density at radius 1 is 1.38 bits per heavy atom. The van der Waals surface area contributed by atoms with E-state index in [4.69, 9.17) is 21.2 Å². The molecule has 0 saturated heterocycles. The predicted molar refractivity (Wildman–Crippen MR) is 51.9 cm³/mol. The van der Waals surface area contributed by atoms with Crippen molar-refractivity contribution < 1.29 is 9.57 Å². The summed E-state index contributed by atoms with van der Waals surface area (Å²) in [7, 11) is 3.19. The minimum atomic E-state index is 0.570. The van der Waals surface area contributed by atoms with Gasteiger partial charge in [-0.25, -0.2) is 0 Å². The van der Waals surface area contributed by atoms with Crippen molar-refractivity contribution in [1.82, 2.24) is 5.48 Å². The maximum Gasteiger partial charge on any atom is 0.123 e. The molecule has 13 heavy (non-hydrogen) atoms. The lowest BCUT2D eigenvalue weighted by Crippen LogP contribution is -2.11. The molecule has 0 atom stereocenters. The van der Waals surface area contributed by atoms with Crippen LogP contribution in [-0.2, 0) is 11.4 Å². The summed E-state index contributed by atoms with van der Waals surface area (Å²) < 4.78 is 5.14. The van der Waals surface area contributed by atoms with Gasteiger partial charge in [0.05, 0.1) is 14.2 Å². The van der Waals surface area contributed by atoms with E-state index >= 15 is 0 Å². The molecule has 0 radical (unpaired) electrons. The smallest absolute Gasteiger partial charge is 0.123 e. The molecule has 0 amide bonds. The van der Waals surface area contributed by atoms with Crippen LogP contribution in [-0.4, -0.2) is 14.2 Å². The van der Waals surface area contributed by atoms with Crippen LogP contribution >= 0.6 is 11.6 Å². The highest BCUT2D eigenvalue weighted by molar-refractivity contribution is 6.30. The van der Waals surface area contributed by atoms with Gasteiger partial charge in [0.2, 0.25) is 0 Å². The molecule has 0 bridgehead atoms. The first-order valence-electron chi connectivity index (χ1n) is 3.86. The van der Waals surface area contributed by atoms with Crippen LogP contribution in [0.5, 0.6) is 5.75 Å². The first kappa shape index (κ1) is 10.3. The third kappa shape index (κ3) is 2.88. The van der Waals surface area contributed by atoms with Crippen LogP contribution in [0.4, 0.5) is 0 Å². The van der Waals surface area contributed by atoms with E-state index in [1.807, 2.05) is 12.1 Å². The zero-order chi connectivity index (χ0) is 9.68. The molecule has 0 aliphatic heterocycles. The van der Waals surface area contributed by atoms with Crippen LogP contribution in [0.1, 0.15) is 5.56 Å². The maximum atomic E-state index is 5.83. The van der Waals surface area contributed by atoms with Gasteiger partial charge in [0.25, 0.3) is 0 Å². The van der Waals surface area contributed by atoms with Crippen molar-refractivity contribution in [1.29, 1.82) is 0 Å². The molecule has 0 heterocycles. The quantitative estimate of drug-likeness (QED) is 0.756. The third-order valence-corrected chi connectivity index (χ3v) is 1.88. The van der Waals surface area contributed by atoms with E-state index in [-0.39, 0.29) is 0 Å². The fraction of sp³-hybridized carbons (Fsp3) is 0.333. The number of methoxy groups -OCH3 is 1. The highest BCUT2D eigenvalue weighted by Crippen LogP contribution is 2.22. The molecular formula is C9H12ClNO2. The van der Waals surface area contributed by atoms with Crippen molar-refractivity contribution in [3.05, 3.63) is 28.8 Å². The Morgan fingerprint density at radius 3 is 2.77 bits per heavy atom. The first-order chi connectivity index (χ1) is 6.27. The lowest BCUT2D eigenvalue weighted by molar-refractivity contribution is 0.0861. The summed E-state index contributed by atoms with van der Waals surface area (Å²) in [6.07, 6.45) is 0. The molecule has 4 heteroatoms. The Morgan fingerprint density at radius 2 is 2.15 bits per heavy atom. The van der Waals surface area contributed by atoms with Crippen molar-refractivity contribution in [3.8, 4) is 5.75 Å². The van der Waals surface area contributed by atoms with Gasteiger partial charge in [-0.1, -0.05) is 11.6 Å². The molecular weight excluding hydrogens is 190 g/mol. The zero-order valence-electron chi connectivity index (χ0n) is 7.63. The van der Waals surface area contributed by atoms with Crippen molar-refractivity contribution in [2.24, 2.45) is 0 Å². The lowest BCUT2D eigenvalue weighted by atomic mass is 10.2. The number of hydrogen-bond acceptors (Lipinski definition) is 3. The number of nitrogens with one attached hydrogen (secondary N) is 1. The van der Waals surface area contributed by atoms with Gasteiger partial charge in [-0.15, -0.1) is 0 Å². The summed E-state index contributed by atoms with van der Waals surface area (Å²) in [4.78, 5) is 4.74. The second kappa shape index (κ2) is 5.07. The molecule has 1 N–H and O–H groups in total. The fourth-order valence-corrected chi connectivity index (χ4v) is 1.23. The van der Waals surface area contributed by atoms with Crippen LogP contribution in [0.15, 0.2) is 18.2 Å². The van der Waals surface area contributed by atoms with Crippen LogP contribution < -0.4 is 10.2 Å². The van der Waals surface area contributed by atoms with Crippen molar-refractivity contribution in [2.75, 3.05) is 14.2 Å². The number of halogens is 1. The van der Waals surface area contributed by atoms with Crippen LogP contribution in [0.3, 0.4) is 0 Å².